The molecular weight excluding hydrogens is 186 g/mol. The van der Waals surface area contributed by atoms with E-state index in [1.807, 2.05) is 0 Å². The van der Waals surface area contributed by atoms with Crippen molar-refractivity contribution in [2.75, 3.05) is 6.54 Å². The lowest BCUT2D eigenvalue weighted by molar-refractivity contribution is -0.118. The van der Waals surface area contributed by atoms with Gasteiger partial charge in [-0.25, -0.2) is 4.79 Å². The van der Waals surface area contributed by atoms with Crippen molar-refractivity contribution in [3.8, 4) is 0 Å². The smallest absolute Gasteiger partial charge is 0.450 e. The number of carbonyl (C=O) groups excluding carboxylic acids is 1. The van der Waals surface area contributed by atoms with Crippen LogP contribution in [0.25, 0.3) is 0 Å². The van der Waals surface area contributed by atoms with Crippen LogP contribution in [0.15, 0.2) is 0 Å². The molecule has 1 unspecified atom stereocenters. The van der Waals surface area contributed by atoms with E-state index in [1.165, 1.54) is 6.92 Å². The van der Waals surface area contributed by atoms with Crippen LogP contribution in [-0.4, -0.2) is 29.3 Å². The minimum atomic E-state index is -1.42. The summed E-state index contributed by atoms with van der Waals surface area (Å²) in [7, 11) is 0. The SMILES string of the molecule is CC(=O)NCCC(Cl)OC(=O)O. The first-order valence-electron chi connectivity index (χ1n) is 3.30. The number of halogens is 1. The molecule has 0 heterocycles. The van der Waals surface area contributed by atoms with Gasteiger partial charge in [-0.3, -0.25) is 4.79 Å². The van der Waals surface area contributed by atoms with Crippen LogP contribution in [0.1, 0.15) is 13.3 Å². The van der Waals surface area contributed by atoms with Gasteiger partial charge in [-0.15, -0.1) is 0 Å². The predicted molar refractivity (Wildman–Crippen MR) is 42.1 cm³/mol. The molecule has 0 saturated heterocycles. The molecule has 0 aliphatic heterocycles. The Hall–Kier alpha value is -0.970. The predicted octanol–water partition coefficient (Wildman–Crippen LogP) is 0.772. The molecule has 0 aliphatic carbocycles. The molecule has 70 valence electrons. The summed E-state index contributed by atoms with van der Waals surface area (Å²) < 4.78 is 4.16. The Balaban J connectivity index is 3.37. The van der Waals surface area contributed by atoms with Gasteiger partial charge in [-0.05, 0) is 0 Å². The van der Waals surface area contributed by atoms with Crippen LogP contribution < -0.4 is 5.32 Å². The number of hydrogen-bond donors (Lipinski definition) is 2. The molecule has 0 spiro atoms. The summed E-state index contributed by atoms with van der Waals surface area (Å²) in [6.45, 7) is 1.66. The van der Waals surface area contributed by atoms with Gasteiger partial charge in [0.15, 0.2) is 5.56 Å². The summed E-state index contributed by atoms with van der Waals surface area (Å²) in [4.78, 5) is 20.2. The number of hydrogen-bond acceptors (Lipinski definition) is 3. The Morgan fingerprint density at radius 1 is 1.67 bits per heavy atom. The standard InChI is InChI=1S/C6H10ClNO4/c1-4(9)8-3-2-5(7)12-6(10)11/h5H,2-3H2,1H3,(H,8,9)(H,10,11). The first-order valence-corrected chi connectivity index (χ1v) is 3.74. The van der Waals surface area contributed by atoms with Gasteiger partial charge >= 0.3 is 6.16 Å². The first-order chi connectivity index (χ1) is 5.52. The lowest BCUT2D eigenvalue weighted by Gasteiger charge is -2.07. The Morgan fingerprint density at radius 3 is 2.67 bits per heavy atom. The molecule has 0 aromatic rings. The van der Waals surface area contributed by atoms with Gasteiger partial charge in [0.05, 0.1) is 0 Å². The number of carbonyl (C=O) groups is 2. The lowest BCUT2D eigenvalue weighted by atomic mass is 10.4. The minimum Gasteiger partial charge on any atom is -0.450 e. The van der Waals surface area contributed by atoms with Crippen LogP contribution in [-0.2, 0) is 9.53 Å². The molecule has 1 amide bonds. The second-order valence-corrected chi connectivity index (χ2v) is 2.55. The molecule has 0 rings (SSSR count). The van der Waals surface area contributed by atoms with E-state index in [0.717, 1.165) is 0 Å². The number of ether oxygens (including phenoxy) is 1. The van der Waals surface area contributed by atoms with Crippen molar-refractivity contribution in [2.24, 2.45) is 0 Å². The molecule has 0 fully saturated rings. The van der Waals surface area contributed by atoms with Crippen molar-refractivity contribution in [2.45, 2.75) is 18.9 Å². The maximum absolute atomic E-state index is 10.3. The van der Waals surface area contributed by atoms with Gasteiger partial charge in [0, 0.05) is 19.9 Å². The minimum absolute atomic E-state index is 0.186. The number of rotatable bonds is 4. The van der Waals surface area contributed by atoms with E-state index in [-0.39, 0.29) is 12.3 Å². The van der Waals surface area contributed by atoms with Crippen LogP contribution >= 0.6 is 11.6 Å². The maximum Gasteiger partial charge on any atom is 0.507 e. The fraction of sp³-hybridized carbons (Fsp3) is 0.667. The highest BCUT2D eigenvalue weighted by atomic mass is 35.5. The molecule has 1 atom stereocenters. The number of alkyl halides is 1. The van der Waals surface area contributed by atoms with E-state index in [4.69, 9.17) is 16.7 Å². The fourth-order valence-corrected chi connectivity index (χ4v) is 0.715. The van der Waals surface area contributed by atoms with Gasteiger partial charge < -0.3 is 15.2 Å². The highest BCUT2D eigenvalue weighted by molar-refractivity contribution is 6.20. The van der Waals surface area contributed by atoms with E-state index in [9.17, 15) is 9.59 Å². The maximum atomic E-state index is 10.3. The average molecular weight is 196 g/mol. The van der Waals surface area contributed by atoms with Crippen molar-refractivity contribution < 1.29 is 19.4 Å². The van der Waals surface area contributed by atoms with Crippen LogP contribution in [0.5, 0.6) is 0 Å². The monoisotopic (exact) mass is 195 g/mol. The number of nitrogens with one attached hydrogen (secondary N) is 1. The highest BCUT2D eigenvalue weighted by Crippen LogP contribution is 2.02. The molecule has 0 aliphatic rings. The average Bonchev–Trinajstić information content (AvgIpc) is 1.84. The molecule has 0 aromatic carbocycles. The van der Waals surface area contributed by atoms with Gasteiger partial charge in [0.25, 0.3) is 0 Å². The third-order valence-electron chi connectivity index (χ3n) is 0.974. The summed E-state index contributed by atoms with van der Waals surface area (Å²) in [6.07, 6.45) is -1.16. The Kier molecular flexibility index (Phi) is 5.19. The zero-order valence-corrected chi connectivity index (χ0v) is 7.30. The molecular formula is C6H10ClNO4. The van der Waals surface area contributed by atoms with Gasteiger partial charge in [-0.2, -0.15) is 0 Å². The molecule has 5 nitrogen and oxygen atoms in total. The van der Waals surface area contributed by atoms with Crippen LogP contribution in [0.3, 0.4) is 0 Å². The largest absolute Gasteiger partial charge is 0.507 e. The quantitative estimate of drug-likeness (QED) is 0.513. The van der Waals surface area contributed by atoms with E-state index in [0.29, 0.717) is 6.54 Å². The van der Waals surface area contributed by atoms with Gasteiger partial charge in [0.1, 0.15) is 0 Å². The highest BCUT2D eigenvalue weighted by Gasteiger charge is 2.08. The fourth-order valence-electron chi connectivity index (χ4n) is 0.530. The Bertz CT molecular complexity index is 173. The van der Waals surface area contributed by atoms with Gasteiger partial charge in [-0.1, -0.05) is 11.6 Å². The van der Waals surface area contributed by atoms with Crippen LogP contribution in [0, 0.1) is 0 Å². The molecule has 0 aromatic heterocycles. The summed E-state index contributed by atoms with van der Waals surface area (Å²) in [5.74, 6) is -0.186. The van der Waals surface area contributed by atoms with E-state index in [2.05, 4.69) is 10.1 Å². The number of carboxylic acid groups (broad SMARTS) is 1. The Morgan fingerprint density at radius 2 is 2.25 bits per heavy atom. The van der Waals surface area contributed by atoms with Gasteiger partial charge in [0.2, 0.25) is 5.91 Å². The first kappa shape index (κ1) is 11.0. The van der Waals surface area contributed by atoms with Crippen molar-refractivity contribution in [1.29, 1.82) is 0 Å². The van der Waals surface area contributed by atoms with Crippen molar-refractivity contribution in [3.05, 3.63) is 0 Å². The van der Waals surface area contributed by atoms with Crippen molar-refractivity contribution in [3.63, 3.8) is 0 Å². The summed E-state index contributed by atoms with van der Waals surface area (Å²) in [5, 5.41) is 10.6. The summed E-state index contributed by atoms with van der Waals surface area (Å²) in [5.41, 5.74) is -0.908. The van der Waals surface area contributed by atoms with E-state index >= 15 is 0 Å². The normalized spacial score (nSPS) is 11.8. The third-order valence-corrected chi connectivity index (χ3v) is 1.28. The second kappa shape index (κ2) is 5.65. The summed E-state index contributed by atoms with van der Waals surface area (Å²) >= 11 is 5.40. The topological polar surface area (TPSA) is 75.6 Å². The molecule has 0 bridgehead atoms. The second-order valence-electron chi connectivity index (χ2n) is 2.07. The lowest BCUT2D eigenvalue weighted by Crippen LogP contribution is -2.24. The Labute approximate surface area is 74.6 Å². The zero-order valence-electron chi connectivity index (χ0n) is 6.54. The molecule has 12 heavy (non-hydrogen) atoms. The summed E-state index contributed by atoms with van der Waals surface area (Å²) in [6, 6.07) is 0. The zero-order chi connectivity index (χ0) is 9.56. The molecule has 2 N–H and O–H groups in total. The molecule has 0 saturated carbocycles. The number of amides is 1. The molecule has 6 heteroatoms. The van der Waals surface area contributed by atoms with Crippen LogP contribution in [0.4, 0.5) is 4.79 Å². The van der Waals surface area contributed by atoms with E-state index in [1.54, 1.807) is 0 Å². The van der Waals surface area contributed by atoms with Crippen molar-refractivity contribution in [1.82, 2.24) is 5.32 Å². The van der Waals surface area contributed by atoms with E-state index < -0.39 is 11.7 Å². The molecule has 0 radical (unpaired) electrons. The van der Waals surface area contributed by atoms with Crippen molar-refractivity contribution >= 4 is 23.7 Å². The van der Waals surface area contributed by atoms with Crippen LogP contribution in [0.2, 0.25) is 0 Å². The third kappa shape index (κ3) is 7.14.